The highest BCUT2D eigenvalue weighted by Crippen LogP contribution is 2.44. The smallest absolute Gasteiger partial charge is 0.252 e. The van der Waals surface area contributed by atoms with Crippen LogP contribution in [-0.2, 0) is 10.2 Å². The Morgan fingerprint density at radius 1 is 1.03 bits per heavy atom. The molecule has 3 heterocycles. The first kappa shape index (κ1) is 26.0. The van der Waals surface area contributed by atoms with Crippen LogP contribution >= 0.6 is 0 Å². The Balaban J connectivity index is 1.19. The quantitative estimate of drug-likeness (QED) is 0.567. The summed E-state index contributed by atoms with van der Waals surface area (Å²) in [6, 6.07) is 0.255. The predicted octanol–water partition coefficient (Wildman–Crippen LogP) is 4.44. The van der Waals surface area contributed by atoms with Crippen LogP contribution in [0, 0.1) is 5.92 Å². The van der Waals surface area contributed by atoms with Crippen LogP contribution in [-0.4, -0.2) is 88.0 Å². The topological polar surface area (TPSA) is 65.7 Å². The molecule has 202 valence electrons. The second kappa shape index (κ2) is 10.3. The molecule has 0 bridgehead atoms. The number of halogens is 2. The van der Waals surface area contributed by atoms with Crippen LogP contribution < -0.4 is 0 Å². The molecule has 0 unspecified atom stereocenters. The van der Waals surface area contributed by atoms with Crippen LogP contribution in [0.3, 0.4) is 0 Å². The van der Waals surface area contributed by atoms with Crippen LogP contribution in [0.4, 0.5) is 8.78 Å². The molecule has 2 aliphatic carbocycles. The van der Waals surface area contributed by atoms with Crippen LogP contribution in [0.5, 0.6) is 0 Å². The number of carbonyl (C=O) groups is 1. The molecule has 7 nitrogen and oxygen atoms in total. The van der Waals surface area contributed by atoms with E-state index in [4.69, 9.17) is 9.51 Å². The second-order valence-corrected chi connectivity index (χ2v) is 12.2. The molecule has 0 aromatic carbocycles. The van der Waals surface area contributed by atoms with Gasteiger partial charge >= 0.3 is 0 Å². The third-order valence-electron chi connectivity index (χ3n) is 9.62. The Hall–Kier alpha value is -1.61. The molecule has 1 amide bonds. The summed E-state index contributed by atoms with van der Waals surface area (Å²) >= 11 is 0. The lowest BCUT2D eigenvalue weighted by Gasteiger charge is -2.47. The van der Waals surface area contributed by atoms with Crippen molar-refractivity contribution < 1.29 is 18.1 Å². The summed E-state index contributed by atoms with van der Waals surface area (Å²) in [7, 11) is 0. The van der Waals surface area contributed by atoms with Gasteiger partial charge in [0.15, 0.2) is 5.82 Å². The van der Waals surface area contributed by atoms with E-state index in [-0.39, 0.29) is 30.2 Å². The molecule has 2 aliphatic heterocycles. The fraction of sp³-hybridized carbons (Fsp3) is 0.889. The van der Waals surface area contributed by atoms with Crippen molar-refractivity contribution in [2.75, 3.05) is 39.3 Å². The van der Waals surface area contributed by atoms with Gasteiger partial charge in [-0.3, -0.25) is 14.6 Å². The normalized spacial score (nSPS) is 29.9. The first-order valence-electron chi connectivity index (χ1n) is 14.1. The summed E-state index contributed by atoms with van der Waals surface area (Å²) in [5, 5.41) is 4.28. The number of hydrogen-bond acceptors (Lipinski definition) is 6. The van der Waals surface area contributed by atoms with Crippen molar-refractivity contribution >= 4 is 5.91 Å². The van der Waals surface area contributed by atoms with Gasteiger partial charge in [-0.15, -0.1) is 0 Å². The van der Waals surface area contributed by atoms with Crippen LogP contribution in [0.15, 0.2) is 4.52 Å². The number of amides is 1. The molecule has 2 saturated heterocycles. The number of carbonyl (C=O) groups excluding carboxylic acids is 1. The predicted molar refractivity (Wildman–Crippen MR) is 133 cm³/mol. The molecule has 5 rings (SSSR count). The number of piperidine rings is 1. The van der Waals surface area contributed by atoms with Gasteiger partial charge in [0, 0.05) is 81.4 Å². The van der Waals surface area contributed by atoms with Gasteiger partial charge in [-0.2, -0.15) is 4.98 Å². The molecule has 1 aromatic heterocycles. The highest BCUT2D eigenvalue weighted by atomic mass is 19.3. The minimum atomic E-state index is -2.79. The minimum absolute atomic E-state index is 0.0627. The molecule has 0 spiro atoms. The van der Waals surface area contributed by atoms with Crippen molar-refractivity contribution in [2.24, 2.45) is 5.92 Å². The van der Waals surface area contributed by atoms with Crippen molar-refractivity contribution in [1.82, 2.24) is 24.8 Å². The molecular weight excluding hydrogens is 464 g/mol. The van der Waals surface area contributed by atoms with Crippen molar-refractivity contribution in [3.63, 3.8) is 0 Å². The summed E-state index contributed by atoms with van der Waals surface area (Å²) in [5.74, 6) is -1.94. The van der Waals surface area contributed by atoms with E-state index in [0.717, 1.165) is 70.0 Å². The lowest BCUT2D eigenvalue weighted by Crippen LogP contribution is -2.58. The lowest BCUT2D eigenvalue weighted by atomic mass is 9.77. The number of hydrogen-bond donors (Lipinski definition) is 0. The summed E-state index contributed by atoms with van der Waals surface area (Å²) < 4.78 is 36.0. The molecule has 4 fully saturated rings. The lowest BCUT2D eigenvalue weighted by molar-refractivity contribution is -0.151. The maximum Gasteiger partial charge on any atom is 0.252 e. The first-order chi connectivity index (χ1) is 17.2. The third-order valence-corrected chi connectivity index (χ3v) is 9.62. The molecule has 0 radical (unpaired) electrons. The third kappa shape index (κ3) is 5.19. The van der Waals surface area contributed by atoms with E-state index >= 15 is 8.78 Å². The number of aromatic nitrogens is 2. The molecule has 1 aromatic rings. The SMILES string of the molecule is CC(C)N1CCN([C@H]2CCCC(F)(F)[C@@H]2CC(=O)N2CCC(C)(c3noc(C4CCC4)n3)CC2)CC1. The van der Waals surface area contributed by atoms with Gasteiger partial charge in [0.25, 0.3) is 5.92 Å². The molecule has 36 heavy (non-hydrogen) atoms. The molecular formula is C27H43F2N5O2. The Bertz CT molecular complexity index is 902. The highest BCUT2D eigenvalue weighted by Gasteiger charge is 2.50. The zero-order valence-electron chi connectivity index (χ0n) is 22.2. The summed E-state index contributed by atoms with van der Waals surface area (Å²) in [5.41, 5.74) is -0.240. The Labute approximate surface area is 213 Å². The summed E-state index contributed by atoms with van der Waals surface area (Å²) in [4.78, 5) is 24.5. The van der Waals surface area contributed by atoms with Crippen LogP contribution in [0.1, 0.15) is 96.2 Å². The number of nitrogens with zero attached hydrogens (tertiary/aromatic N) is 5. The van der Waals surface area contributed by atoms with Crippen LogP contribution in [0.2, 0.25) is 0 Å². The number of piperazine rings is 1. The van der Waals surface area contributed by atoms with E-state index in [9.17, 15) is 4.79 Å². The fourth-order valence-electron chi connectivity index (χ4n) is 6.61. The molecule has 2 atom stereocenters. The maximum atomic E-state index is 15.2. The van der Waals surface area contributed by atoms with E-state index in [0.29, 0.717) is 31.5 Å². The average molecular weight is 508 g/mol. The number of alkyl halides is 2. The molecule has 0 N–H and O–H groups in total. The van der Waals surface area contributed by atoms with Crippen molar-refractivity contribution in [1.29, 1.82) is 0 Å². The molecule has 4 aliphatic rings. The molecule has 2 saturated carbocycles. The van der Waals surface area contributed by atoms with Crippen molar-refractivity contribution in [3.05, 3.63) is 11.7 Å². The van der Waals surface area contributed by atoms with Gasteiger partial charge in [0.1, 0.15) is 0 Å². The maximum absolute atomic E-state index is 15.2. The zero-order valence-corrected chi connectivity index (χ0v) is 22.2. The van der Waals surface area contributed by atoms with Gasteiger partial charge in [-0.1, -0.05) is 18.5 Å². The summed E-state index contributed by atoms with van der Waals surface area (Å²) in [6.07, 6.45) is 6.01. The van der Waals surface area contributed by atoms with Crippen molar-refractivity contribution in [2.45, 2.75) is 108 Å². The first-order valence-corrected chi connectivity index (χ1v) is 14.1. The average Bonchev–Trinajstić information content (AvgIpc) is 3.30. The number of likely N-dealkylation sites (tertiary alicyclic amines) is 1. The van der Waals surface area contributed by atoms with E-state index in [1.54, 1.807) is 4.90 Å². The van der Waals surface area contributed by atoms with Crippen LogP contribution in [0.25, 0.3) is 0 Å². The second-order valence-electron chi connectivity index (χ2n) is 12.2. The minimum Gasteiger partial charge on any atom is -0.343 e. The summed E-state index contributed by atoms with van der Waals surface area (Å²) in [6.45, 7) is 11.0. The fourth-order valence-corrected chi connectivity index (χ4v) is 6.61. The van der Waals surface area contributed by atoms with E-state index in [2.05, 4.69) is 35.7 Å². The van der Waals surface area contributed by atoms with Gasteiger partial charge < -0.3 is 9.42 Å². The Morgan fingerprint density at radius 3 is 2.33 bits per heavy atom. The van der Waals surface area contributed by atoms with Gasteiger partial charge in [-0.25, -0.2) is 8.78 Å². The Morgan fingerprint density at radius 2 is 1.72 bits per heavy atom. The van der Waals surface area contributed by atoms with Gasteiger partial charge in [0.05, 0.1) is 0 Å². The Kier molecular flexibility index (Phi) is 7.42. The molecule has 9 heteroatoms. The standard InChI is InChI=1S/C27H43F2N5O2/c1-19(2)32-14-16-33(17-15-32)22-8-5-9-27(28,29)21(22)18-23(35)34-12-10-26(3,11-13-34)25-30-24(36-31-25)20-6-4-7-20/h19-22H,4-18H2,1-3H3/t21-,22+/m1/s1. The highest BCUT2D eigenvalue weighted by molar-refractivity contribution is 5.76. The van der Waals surface area contributed by atoms with Gasteiger partial charge in [0.2, 0.25) is 11.8 Å². The number of rotatable bonds is 6. The zero-order chi connectivity index (χ0) is 25.5. The largest absolute Gasteiger partial charge is 0.343 e. The van der Waals surface area contributed by atoms with E-state index < -0.39 is 11.8 Å². The van der Waals surface area contributed by atoms with E-state index in [1.807, 2.05) is 0 Å². The monoisotopic (exact) mass is 507 g/mol. The van der Waals surface area contributed by atoms with E-state index in [1.165, 1.54) is 6.42 Å². The van der Waals surface area contributed by atoms with Crippen molar-refractivity contribution in [3.8, 4) is 0 Å². The van der Waals surface area contributed by atoms with Gasteiger partial charge in [-0.05, 0) is 52.4 Å².